The molecule has 136 valence electrons. The van der Waals surface area contributed by atoms with Crippen LogP contribution in [0.5, 0.6) is 5.75 Å². The fourth-order valence-electron chi connectivity index (χ4n) is 2.90. The van der Waals surface area contributed by atoms with Gasteiger partial charge in [0.25, 0.3) is 0 Å². The van der Waals surface area contributed by atoms with Crippen molar-refractivity contribution in [3.05, 3.63) is 59.4 Å². The number of nitrogens with zero attached hydrogens (tertiary/aromatic N) is 2. The zero-order valence-corrected chi connectivity index (χ0v) is 14.9. The van der Waals surface area contributed by atoms with Crippen molar-refractivity contribution in [3.63, 3.8) is 0 Å². The second-order valence-electron chi connectivity index (χ2n) is 6.09. The fraction of sp³-hybridized carbons (Fsp3) is 0.300. The van der Waals surface area contributed by atoms with Crippen molar-refractivity contribution < 1.29 is 19.4 Å². The Bertz CT molecular complexity index is 917. The van der Waals surface area contributed by atoms with Crippen LogP contribution in [-0.2, 0) is 17.9 Å². The van der Waals surface area contributed by atoms with Gasteiger partial charge in [0.05, 0.1) is 16.6 Å². The van der Waals surface area contributed by atoms with Crippen LogP contribution in [0.3, 0.4) is 0 Å². The summed E-state index contributed by atoms with van der Waals surface area (Å²) in [5, 5.41) is 9.20. The van der Waals surface area contributed by atoms with Gasteiger partial charge in [-0.2, -0.15) is 0 Å². The Kier molecular flexibility index (Phi) is 5.53. The van der Waals surface area contributed by atoms with Gasteiger partial charge in [0.2, 0.25) is 0 Å². The minimum Gasteiger partial charge on any atom is -0.485 e. The summed E-state index contributed by atoms with van der Waals surface area (Å²) >= 11 is 0. The molecule has 0 radical (unpaired) electrons. The number of aromatic nitrogens is 2. The normalized spacial score (nSPS) is 11.0. The molecular weight excluding hydrogens is 332 g/mol. The van der Waals surface area contributed by atoms with Crippen LogP contribution < -0.4 is 4.74 Å². The van der Waals surface area contributed by atoms with Crippen molar-refractivity contribution in [1.29, 1.82) is 0 Å². The number of aromatic carboxylic acids is 1. The zero-order chi connectivity index (χ0) is 18.5. The number of hydrogen-bond donors (Lipinski definition) is 1. The Morgan fingerprint density at radius 1 is 1.23 bits per heavy atom. The molecule has 0 saturated heterocycles. The van der Waals surface area contributed by atoms with E-state index in [4.69, 9.17) is 9.47 Å². The van der Waals surface area contributed by atoms with Crippen LogP contribution in [0.15, 0.2) is 42.5 Å². The second kappa shape index (κ2) is 8.01. The minimum absolute atomic E-state index is 0.227. The van der Waals surface area contributed by atoms with Crippen molar-refractivity contribution in [2.45, 2.75) is 26.5 Å². The lowest BCUT2D eigenvalue weighted by Gasteiger charge is -2.11. The van der Waals surface area contributed by atoms with E-state index in [2.05, 4.69) is 9.55 Å². The number of hydrogen-bond acceptors (Lipinski definition) is 4. The van der Waals surface area contributed by atoms with Crippen LogP contribution in [0, 0.1) is 6.92 Å². The third-order valence-electron chi connectivity index (χ3n) is 4.25. The van der Waals surface area contributed by atoms with E-state index >= 15 is 0 Å². The van der Waals surface area contributed by atoms with E-state index in [1.165, 1.54) is 0 Å². The highest BCUT2D eigenvalue weighted by Crippen LogP contribution is 2.22. The Morgan fingerprint density at radius 3 is 2.77 bits per heavy atom. The molecule has 1 heterocycles. The lowest BCUT2D eigenvalue weighted by atomic mass is 10.2. The summed E-state index contributed by atoms with van der Waals surface area (Å²) in [6.45, 7) is 3.68. The van der Waals surface area contributed by atoms with Crippen molar-refractivity contribution in [3.8, 4) is 5.75 Å². The number of carbonyl (C=O) groups is 1. The summed E-state index contributed by atoms with van der Waals surface area (Å²) in [6, 6.07) is 12.8. The quantitative estimate of drug-likeness (QED) is 0.625. The van der Waals surface area contributed by atoms with Crippen LogP contribution in [0.1, 0.15) is 28.2 Å². The molecule has 0 fully saturated rings. The summed E-state index contributed by atoms with van der Waals surface area (Å²) < 4.78 is 13.2. The number of imidazole rings is 1. The maximum Gasteiger partial charge on any atom is 0.335 e. The predicted octanol–water partition coefficient (Wildman–Crippen LogP) is 3.66. The van der Waals surface area contributed by atoms with E-state index in [9.17, 15) is 9.90 Å². The van der Waals surface area contributed by atoms with E-state index in [0.717, 1.165) is 35.6 Å². The number of aryl methyl sites for hydroxylation is 2. The Labute approximate surface area is 152 Å². The first-order valence-corrected chi connectivity index (χ1v) is 8.50. The molecule has 0 saturated carbocycles. The molecule has 0 aliphatic carbocycles. The van der Waals surface area contributed by atoms with Gasteiger partial charge in [0.15, 0.2) is 0 Å². The average Bonchev–Trinajstić information content (AvgIpc) is 2.98. The molecule has 1 aromatic heterocycles. The third kappa shape index (κ3) is 3.86. The molecule has 6 nitrogen and oxygen atoms in total. The molecular formula is C20H22N2O4. The zero-order valence-electron chi connectivity index (χ0n) is 14.9. The third-order valence-corrected chi connectivity index (χ3v) is 4.25. The molecule has 0 amide bonds. The highest BCUT2D eigenvalue weighted by Gasteiger charge is 2.14. The van der Waals surface area contributed by atoms with E-state index < -0.39 is 5.97 Å². The highest BCUT2D eigenvalue weighted by atomic mass is 16.5. The lowest BCUT2D eigenvalue weighted by Crippen LogP contribution is -2.09. The van der Waals surface area contributed by atoms with Crippen molar-refractivity contribution in [1.82, 2.24) is 9.55 Å². The van der Waals surface area contributed by atoms with Gasteiger partial charge in [-0.15, -0.1) is 0 Å². The van der Waals surface area contributed by atoms with Gasteiger partial charge in [-0.3, -0.25) is 0 Å². The molecule has 0 aliphatic heterocycles. The number of ether oxygens (including phenoxy) is 2. The summed E-state index contributed by atoms with van der Waals surface area (Å²) in [4.78, 5) is 15.8. The number of fused-ring (bicyclic) bond motifs is 1. The summed E-state index contributed by atoms with van der Waals surface area (Å²) in [5.74, 6) is 0.620. The SMILES string of the molecule is COCCCn1c(COc2ccccc2C)nc2cc(C(=O)O)ccc21. The van der Waals surface area contributed by atoms with Crippen LogP contribution in [-0.4, -0.2) is 34.3 Å². The van der Waals surface area contributed by atoms with Crippen LogP contribution in [0.4, 0.5) is 0 Å². The van der Waals surface area contributed by atoms with E-state index in [-0.39, 0.29) is 5.56 Å². The Morgan fingerprint density at radius 2 is 2.04 bits per heavy atom. The van der Waals surface area contributed by atoms with Crippen molar-refractivity contribution >= 4 is 17.0 Å². The molecule has 0 bridgehead atoms. The molecule has 26 heavy (non-hydrogen) atoms. The first-order valence-electron chi connectivity index (χ1n) is 8.50. The van der Waals surface area contributed by atoms with Gasteiger partial charge in [-0.25, -0.2) is 9.78 Å². The predicted molar refractivity (Wildman–Crippen MR) is 98.7 cm³/mol. The maximum absolute atomic E-state index is 11.2. The number of carboxylic acids is 1. The number of carboxylic acid groups (broad SMARTS) is 1. The molecule has 3 aromatic rings. The standard InChI is InChI=1S/C20H22N2O4/c1-14-6-3-4-7-18(14)26-13-19-21-16-12-15(20(23)24)8-9-17(16)22(19)10-5-11-25-2/h3-4,6-9,12H,5,10-11,13H2,1-2H3,(H,23,24). The minimum atomic E-state index is -0.960. The monoisotopic (exact) mass is 354 g/mol. The molecule has 1 N–H and O–H groups in total. The summed E-state index contributed by atoms with van der Waals surface area (Å²) in [5.41, 5.74) is 2.84. The summed E-state index contributed by atoms with van der Waals surface area (Å²) in [7, 11) is 1.67. The number of para-hydroxylation sites is 1. The molecule has 6 heteroatoms. The van der Waals surface area contributed by atoms with Gasteiger partial charge in [-0.05, 0) is 43.2 Å². The number of benzene rings is 2. The van der Waals surface area contributed by atoms with Crippen LogP contribution in [0.25, 0.3) is 11.0 Å². The average molecular weight is 354 g/mol. The van der Waals surface area contributed by atoms with E-state index in [1.54, 1.807) is 25.3 Å². The van der Waals surface area contributed by atoms with Crippen LogP contribution >= 0.6 is 0 Å². The molecule has 0 atom stereocenters. The van der Waals surface area contributed by atoms with Gasteiger partial charge in [0, 0.05) is 20.3 Å². The van der Waals surface area contributed by atoms with Crippen molar-refractivity contribution in [2.24, 2.45) is 0 Å². The van der Waals surface area contributed by atoms with E-state index in [1.807, 2.05) is 31.2 Å². The highest BCUT2D eigenvalue weighted by molar-refractivity contribution is 5.92. The van der Waals surface area contributed by atoms with Crippen LogP contribution in [0.2, 0.25) is 0 Å². The Hall–Kier alpha value is -2.86. The molecule has 0 unspecified atom stereocenters. The first-order chi connectivity index (χ1) is 12.6. The molecule has 3 rings (SSSR count). The molecule has 2 aromatic carbocycles. The van der Waals surface area contributed by atoms with Crippen molar-refractivity contribution in [2.75, 3.05) is 13.7 Å². The topological polar surface area (TPSA) is 73.6 Å². The number of methoxy groups -OCH3 is 1. The van der Waals surface area contributed by atoms with Gasteiger partial charge in [0.1, 0.15) is 18.2 Å². The fourth-order valence-corrected chi connectivity index (χ4v) is 2.90. The first kappa shape index (κ1) is 17.9. The summed E-state index contributed by atoms with van der Waals surface area (Å²) in [6.07, 6.45) is 0.833. The maximum atomic E-state index is 11.2. The van der Waals surface area contributed by atoms with Gasteiger partial charge >= 0.3 is 5.97 Å². The van der Waals surface area contributed by atoms with E-state index in [0.29, 0.717) is 18.7 Å². The number of rotatable bonds is 8. The molecule has 0 spiro atoms. The largest absolute Gasteiger partial charge is 0.485 e. The van der Waals surface area contributed by atoms with Gasteiger partial charge < -0.3 is 19.1 Å². The lowest BCUT2D eigenvalue weighted by molar-refractivity contribution is 0.0697. The molecule has 0 aliphatic rings. The Balaban J connectivity index is 1.91. The van der Waals surface area contributed by atoms with Gasteiger partial charge in [-0.1, -0.05) is 18.2 Å². The smallest absolute Gasteiger partial charge is 0.335 e. The second-order valence-corrected chi connectivity index (χ2v) is 6.09.